The van der Waals surface area contributed by atoms with Crippen molar-refractivity contribution in [3.8, 4) is 0 Å². The molecule has 2 N–H and O–H groups in total. The number of hydrogen-bond donors (Lipinski definition) is 2. The van der Waals surface area contributed by atoms with E-state index in [1.165, 1.54) is 4.88 Å². The van der Waals surface area contributed by atoms with Crippen LogP contribution in [0, 0.1) is 13.8 Å². The maximum atomic E-state index is 12.5. The molecule has 6 nitrogen and oxygen atoms in total. The van der Waals surface area contributed by atoms with Gasteiger partial charge in [-0.1, -0.05) is 23.8 Å². The van der Waals surface area contributed by atoms with Crippen LogP contribution in [0.3, 0.4) is 0 Å². The Labute approximate surface area is 170 Å². The van der Waals surface area contributed by atoms with Crippen molar-refractivity contribution in [2.75, 3.05) is 31.5 Å². The summed E-state index contributed by atoms with van der Waals surface area (Å²) in [6, 6.07) is 9.19. The summed E-state index contributed by atoms with van der Waals surface area (Å²) in [5.41, 5.74) is 2.81. The number of rotatable bonds is 5. The van der Waals surface area contributed by atoms with Crippen LogP contribution in [0.4, 0.5) is 10.5 Å². The van der Waals surface area contributed by atoms with Crippen molar-refractivity contribution in [2.24, 2.45) is 0 Å². The molecule has 0 bridgehead atoms. The summed E-state index contributed by atoms with van der Waals surface area (Å²) in [6.07, 6.45) is 0. The summed E-state index contributed by atoms with van der Waals surface area (Å²) in [6.45, 7) is 10.2. The summed E-state index contributed by atoms with van der Waals surface area (Å²) in [7, 11) is 0. The quantitative estimate of drug-likeness (QED) is 0.809. The molecule has 150 valence electrons. The van der Waals surface area contributed by atoms with Gasteiger partial charge >= 0.3 is 6.03 Å². The average Bonchev–Trinajstić information content (AvgIpc) is 3.17. The molecule has 28 heavy (non-hydrogen) atoms. The van der Waals surface area contributed by atoms with Crippen LogP contribution in [-0.2, 0) is 11.3 Å². The van der Waals surface area contributed by atoms with Gasteiger partial charge in [0.15, 0.2) is 0 Å². The van der Waals surface area contributed by atoms with Crippen molar-refractivity contribution < 1.29 is 9.59 Å². The normalized spacial score (nSPS) is 16.5. The predicted molar refractivity (Wildman–Crippen MR) is 114 cm³/mol. The molecular weight excluding hydrogens is 372 g/mol. The van der Waals surface area contributed by atoms with Crippen LogP contribution < -0.4 is 10.6 Å². The van der Waals surface area contributed by atoms with Gasteiger partial charge in [0.1, 0.15) is 0 Å². The number of carbonyl (C=O) groups is 2. The van der Waals surface area contributed by atoms with Crippen molar-refractivity contribution in [2.45, 2.75) is 33.4 Å². The van der Waals surface area contributed by atoms with Gasteiger partial charge in [0, 0.05) is 43.3 Å². The van der Waals surface area contributed by atoms with Crippen molar-refractivity contribution >= 4 is 29.0 Å². The Morgan fingerprint density at radius 3 is 2.54 bits per heavy atom. The van der Waals surface area contributed by atoms with E-state index < -0.39 is 6.03 Å². The lowest BCUT2D eigenvalue weighted by Gasteiger charge is -2.37. The second-order valence-electron chi connectivity index (χ2n) is 7.33. The van der Waals surface area contributed by atoms with Crippen LogP contribution in [0.2, 0.25) is 0 Å². The van der Waals surface area contributed by atoms with Gasteiger partial charge in [-0.3, -0.25) is 19.9 Å². The van der Waals surface area contributed by atoms with Gasteiger partial charge in [0.05, 0.1) is 6.04 Å². The molecule has 3 rings (SSSR count). The first-order valence-electron chi connectivity index (χ1n) is 9.60. The second-order valence-corrected chi connectivity index (χ2v) is 8.36. The third-order valence-electron chi connectivity index (χ3n) is 5.16. The highest BCUT2D eigenvalue weighted by atomic mass is 32.1. The first kappa shape index (κ1) is 20.5. The SMILES string of the molecule is Cc1ccc(NC(=O)NC(=O)C(C)N2CCN(Cc3cccs3)CC2)c(C)c1. The van der Waals surface area contributed by atoms with Gasteiger partial charge in [-0.2, -0.15) is 0 Å². The Kier molecular flexibility index (Phi) is 6.83. The minimum absolute atomic E-state index is 0.269. The fourth-order valence-electron chi connectivity index (χ4n) is 3.42. The highest BCUT2D eigenvalue weighted by Gasteiger charge is 2.26. The van der Waals surface area contributed by atoms with Crippen LogP contribution in [0.25, 0.3) is 0 Å². The molecule has 2 heterocycles. The fraction of sp³-hybridized carbons (Fsp3) is 0.429. The summed E-state index contributed by atoms with van der Waals surface area (Å²) < 4.78 is 0. The number of hydrogen-bond acceptors (Lipinski definition) is 5. The number of piperazine rings is 1. The molecular formula is C21H28N4O2S. The van der Waals surface area contributed by atoms with E-state index in [0.29, 0.717) is 5.69 Å². The van der Waals surface area contributed by atoms with Gasteiger partial charge in [0.25, 0.3) is 0 Å². The Morgan fingerprint density at radius 1 is 1.14 bits per heavy atom. The predicted octanol–water partition coefficient (Wildman–Crippen LogP) is 3.22. The Morgan fingerprint density at radius 2 is 1.89 bits per heavy atom. The van der Waals surface area contributed by atoms with Crippen LogP contribution in [-0.4, -0.2) is 54.0 Å². The first-order valence-corrected chi connectivity index (χ1v) is 10.5. The van der Waals surface area contributed by atoms with Gasteiger partial charge in [-0.05, 0) is 43.8 Å². The standard InChI is InChI=1S/C21H28N4O2S/c1-15-6-7-19(16(2)13-15)22-21(27)23-20(26)17(3)25-10-8-24(9-11-25)14-18-5-4-12-28-18/h4-7,12-13,17H,8-11,14H2,1-3H3,(H2,22,23,26,27). The van der Waals surface area contributed by atoms with Gasteiger partial charge in [0.2, 0.25) is 5.91 Å². The molecule has 1 fully saturated rings. The molecule has 1 aliphatic rings. The van der Waals surface area contributed by atoms with Gasteiger partial charge in [-0.15, -0.1) is 11.3 Å². The summed E-state index contributed by atoms with van der Waals surface area (Å²) in [5.74, 6) is -0.269. The topological polar surface area (TPSA) is 64.7 Å². The number of carbonyl (C=O) groups excluding carboxylic acids is 2. The van der Waals surface area contributed by atoms with Gasteiger partial charge in [-0.25, -0.2) is 4.79 Å². The number of amides is 3. The van der Waals surface area contributed by atoms with E-state index in [0.717, 1.165) is 43.9 Å². The van der Waals surface area contributed by atoms with Crippen LogP contribution >= 0.6 is 11.3 Å². The van der Waals surface area contributed by atoms with E-state index in [1.807, 2.05) is 39.0 Å². The molecule has 1 aromatic carbocycles. The van der Waals surface area contributed by atoms with E-state index in [2.05, 4.69) is 37.9 Å². The van der Waals surface area contributed by atoms with Crippen LogP contribution in [0.1, 0.15) is 22.9 Å². The summed E-state index contributed by atoms with van der Waals surface area (Å²) in [5, 5.41) is 7.33. The molecule has 1 aliphatic heterocycles. The molecule has 1 saturated heterocycles. The highest BCUT2D eigenvalue weighted by molar-refractivity contribution is 7.09. The number of benzene rings is 1. The molecule has 3 amide bonds. The molecule has 0 spiro atoms. The third kappa shape index (κ3) is 5.41. The molecule has 1 aromatic heterocycles. The average molecular weight is 401 g/mol. The number of urea groups is 1. The molecule has 0 radical (unpaired) electrons. The summed E-state index contributed by atoms with van der Waals surface area (Å²) >= 11 is 1.77. The summed E-state index contributed by atoms with van der Waals surface area (Å²) in [4.78, 5) is 30.6. The third-order valence-corrected chi connectivity index (χ3v) is 6.02. The largest absolute Gasteiger partial charge is 0.325 e. The number of nitrogens with one attached hydrogen (secondary N) is 2. The number of anilines is 1. The lowest BCUT2D eigenvalue weighted by atomic mass is 10.1. The van der Waals surface area contributed by atoms with Crippen molar-refractivity contribution in [1.29, 1.82) is 0 Å². The minimum atomic E-state index is -0.486. The van der Waals surface area contributed by atoms with Crippen molar-refractivity contribution in [3.63, 3.8) is 0 Å². The zero-order valence-electron chi connectivity index (χ0n) is 16.7. The lowest BCUT2D eigenvalue weighted by molar-refractivity contribution is -0.125. The van der Waals surface area contributed by atoms with E-state index in [9.17, 15) is 9.59 Å². The minimum Gasteiger partial charge on any atom is -0.307 e. The first-order chi connectivity index (χ1) is 13.4. The number of thiophene rings is 1. The van der Waals surface area contributed by atoms with E-state index >= 15 is 0 Å². The van der Waals surface area contributed by atoms with Crippen LogP contribution in [0.15, 0.2) is 35.7 Å². The fourth-order valence-corrected chi connectivity index (χ4v) is 4.17. The molecule has 0 aliphatic carbocycles. The molecule has 1 unspecified atom stereocenters. The van der Waals surface area contributed by atoms with Crippen LogP contribution in [0.5, 0.6) is 0 Å². The molecule has 1 atom stereocenters. The van der Waals surface area contributed by atoms with E-state index in [4.69, 9.17) is 0 Å². The smallest absolute Gasteiger partial charge is 0.307 e. The molecule has 7 heteroatoms. The number of imide groups is 1. The number of nitrogens with zero attached hydrogens (tertiary/aromatic N) is 2. The molecule has 0 saturated carbocycles. The second kappa shape index (κ2) is 9.32. The zero-order chi connectivity index (χ0) is 20.1. The number of aryl methyl sites for hydroxylation is 2. The monoisotopic (exact) mass is 400 g/mol. The van der Waals surface area contributed by atoms with Gasteiger partial charge < -0.3 is 5.32 Å². The maximum Gasteiger partial charge on any atom is 0.325 e. The zero-order valence-corrected chi connectivity index (χ0v) is 17.5. The van der Waals surface area contributed by atoms with E-state index in [1.54, 1.807) is 11.3 Å². The Hall–Kier alpha value is -2.22. The van der Waals surface area contributed by atoms with Crippen molar-refractivity contribution in [1.82, 2.24) is 15.1 Å². The molecule has 2 aromatic rings. The van der Waals surface area contributed by atoms with E-state index in [-0.39, 0.29) is 11.9 Å². The lowest BCUT2D eigenvalue weighted by Crippen LogP contribution is -2.54. The highest BCUT2D eigenvalue weighted by Crippen LogP contribution is 2.16. The Balaban J connectivity index is 1.45. The maximum absolute atomic E-state index is 12.5. The Bertz CT molecular complexity index is 814. The van der Waals surface area contributed by atoms with Crippen molar-refractivity contribution in [3.05, 3.63) is 51.7 Å².